The van der Waals surface area contributed by atoms with Crippen molar-refractivity contribution in [2.45, 2.75) is 31.8 Å². The van der Waals surface area contributed by atoms with Gasteiger partial charge in [0.25, 0.3) is 0 Å². The van der Waals surface area contributed by atoms with E-state index in [1.54, 1.807) is 6.26 Å². The van der Waals surface area contributed by atoms with Gasteiger partial charge in [-0.3, -0.25) is 0 Å². The number of hydrogen-bond donors (Lipinski definition) is 1. The first-order chi connectivity index (χ1) is 5.29. The van der Waals surface area contributed by atoms with E-state index >= 15 is 0 Å². The summed E-state index contributed by atoms with van der Waals surface area (Å²) in [6.07, 6.45) is 3.24. The smallest absolute Gasteiger partial charge is 0.107 e. The number of aliphatic hydroxyl groups is 1. The molecule has 1 N–H and O–H groups in total. The van der Waals surface area contributed by atoms with Gasteiger partial charge in [-0.05, 0) is 18.1 Å². The van der Waals surface area contributed by atoms with Gasteiger partial charge >= 0.3 is 0 Å². The number of furan rings is 1. The molecule has 2 heteroatoms. The van der Waals surface area contributed by atoms with Crippen LogP contribution in [0.5, 0.6) is 0 Å². The minimum absolute atomic E-state index is 0.180. The fourth-order valence-corrected chi connectivity index (χ4v) is 1.70. The Labute approximate surface area is 65.8 Å². The van der Waals surface area contributed by atoms with Gasteiger partial charge in [0.05, 0.1) is 12.4 Å². The van der Waals surface area contributed by atoms with Gasteiger partial charge in [0.1, 0.15) is 5.76 Å². The van der Waals surface area contributed by atoms with E-state index in [2.05, 4.69) is 0 Å². The monoisotopic (exact) mass is 152 g/mol. The predicted molar refractivity (Wildman–Crippen MR) is 41.5 cm³/mol. The van der Waals surface area contributed by atoms with Crippen LogP contribution in [0, 0.1) is 0 Å². The molecule has 2 atom stereocenters. The lowest BCUT2D eigenvalue weighted by Crippen LogP contribution is -2.21. The summed E-state index contributed by atoms with van der Waals surface area (Å²) in [7, 11) is 0. The van der Waals surface area contributed by atoms with E-state index < -0.39 is 0 Å². The highest BCUT2D eigenvalue weighted by atomic mass is 16.3. The van der Waals surface area contributed by atoms with Crippen LogP contribution < -0.4 is 0 Å². The van der Waals surface area contributed by atoms with Gasteiger partial charge in [0, 0.05) is 12.3 Å². The Balaban J connectivity index is 2.38. The molecule has 1 aliphatic carbocycles. The fraction of sp³-hybridized carbons (Fsp3) is 0.556. The van der Waals surface area contributed by atoms with E-state index in [9.17, 15) is 5.11 Å². The van der Waals surface area contributed by atoms with Crippen LogP contribution in [-0.4, -0.2) is 11.2 Å². The van der Waals surface area contributed by atoms with Gasteiger partial charge in [-0.2, -0.15) is 0 Å². The predicted octanol–water partition coefficient (Wildman–Crippen LogP) is 1.69. The lowest BCUT2D eigenvalue weighted by Gasteiger charge is -2.23. The average molecular weight is 152 g/mol. The Morgan fingerprint density at radius 1 is 1.64 bits per heavy atom. The third-order valence-corrected chi connectivity index (χ3v) is 2.51. The molecule has 0 spiro atoms. The molecule has 0 amide bonds. The van der Waals surface area contributed by atoms with Crippen molar-refractivity contribution in [2.75, 3.05) is 0 Å². The zero-order valence-electron chi connectivity index (χ0n) is 6.58. The number of rotatable bonds is 0. The molecule has 0 radical (unpaired) electrons. The standard InChI is InChI=1S/C9H12O2/c1-6-7-4-5-11-9(7)3-2-8(6)10/h4-6,8,10H,2-3H2,1H3/t6-,8+/m0/s1. The van der Waals surface area contributed by atoms with E-state index in [0.29, 0.717) is 0 Å². The molecular formula is C9H12O2. The molecule has 0 saturated heterocycles. The van der Waals surface area contributed by atoms with Gasteiger partial charge < -0.3 is 9.52 Å². The number of aliphatic hydroxyl groups excluding tert-OH is 1. The molecule has 2 rings (SSSR count). The van der Waals surface area contributed by atoms with E-state index in [4.69, 9.17) is 4.42 Å². The second-order valence-electron chi connectivity index (χ2n) is 3.19. The molecule has 1 aromatic heterocycles. The van der Waals surface area contributed by atoms with Crippen LogP contribution in [0.25, 0.3) is 0 Å². The first-order valence-electron chi connectivity index (χ1n) is 4.03. The topological polar surface area (TPSA) is 33.4 Å². The van der Waals surface area contributed by atoms with Crippen LogP contribution in [0.1, 0.15) is 30.6 Å². The maximum atomic E-state index is 9.50. The number of fused-ring (bicyclic) bond motifs is 1. The van der Waals surface area contributed by atoms with E-state index in [1.807, 2.05) is 13.0 Å². The summed E-state index contributed by atoms with van der Waals surface area (Å²) in [5, 5.41) is 9.50. The summed E-state index contributed by atoms with van der Waals surface area (Å²) in [4.78, 5) is 0. The van der Waals surface area contributed by atoms with Crippen molar-refractivity contribution in [1.29, 1.82) is 0 Å². The zero-order valence-corrected chi connectivity index (χ0v) is 6.58. The van der Waals surface area contributed by atoms with Crippen molar-refractivity contribution in [3.8, 4) is 0 Å². The molecular weight excluding hydrogens is 140 g/mol. The maximum absolute atomic E-state index is 9.50. The first-order valence-corrected chi connectivity index (χ1v) is 4.03. The average Bonchev–Trinajstić information content (AvgIpc) is 2.45. The van der Waals surface area contributed by atoms with Crippen LogP contribution >= 0.6 is 0 Å². The molecule has 11 heavy (non-hydrogen) atoms. The minimum atomic E-state index is -0.180. The normalized spacial score (nSPS) is 30.0. The van der Waals surface area contributed by atoms with Crippen molar-refractivity contribution < 1.29 is 9.52 Å². The second kappa shape index (κ2) is 2.38. The Hall–Kier alpha value is -0.760. The quantitative estimate of drug-likeness (QED) is 0.613. The van der Waals surface area contributed by atoms with Gasteiger partial charge in [-0.25, -0.2) is 0 Å². The summed E-state index contributed by atoms with van der Waals surface area (Å²) < 4.78 is 5.26. The molecule has 0 aromatic carbocycles. The van der Waals surface area contributed by atoms with Crippen LogP contribution in [-0.2, 0) is 6.42 Å². The summed E-state index contributed by atoms with van der Waals surface area (Å²) >= 11 is 0. The Kier molecular flexibility index (Phi) is 1.50. The number of hydrogen-bond acceptors (Lipinski definition) is 2. The number of aryl methyl sites for hydroxylation is 1. The summed E-state index contributed by atoms with van der Waals surface area (Å²) in [5.74, 6) is 1.31. The largest absolute Gasteiger partial charge is 0.469 e. The molecule has 0 bridgehead atoms. The second-order valence-corrected chi connectivity index (χ2v) is 3.19. The minimum Gasteiger partial charge on any atom is -0.469 e. The Morgan fingerprint density at radius 3 is 3.27 bits per heavy atom. The van der Waals surface area contributed by atoms with E-state index in [1.165, 1.54) is 5.56 Å². The highest BCUT2D eigenvalue weighted by molar-refractivity contribution is 5.25. The van der Waals surface area contributed by atoms with E-state index in [-0.39, 0.29) is 12.0 Å². The lowest BCUT2D eigenvalue weighted by atomic mass is 9.86. The molecule has 0 fully saturated rings. The summed E-state index contributed by atoms with van der Waals surface area (Å²) in [5.41, 5.74) is 1.18. The summed E-state index contributed by atoms with van der Waals surface area (Å²) in [6.45, 7) is 2.04. The van der Waals surface area contributed by atoms with Crippen LogP contribution in [0.15, 0.2) is 16.7 Å². The molecule has 0 unspecified atom stereocenters. The van der Waals surface area contributed by atoms with Crippen molar-refractivity contribution in [3.63, 3.8) is 0 Å². The summed E-state index contributed by atoms with van der Waals surface area (Å²) in [6, 6.07) is 1.96. The maximum Gasteiger partial charge on any atom is 0.107 e. The molecule has 1 heterocycles. The molecule has 1 aromatic rings. The molecule has 2 nitrogen and oxygen atoms in total. The SMILES string of the molecule is C[C@H]1c2ccoc2CC[C@H]1O. The van der Waals surface area contributed by atoms with E-state index in [0.717, 1.165) is 18.6 Å². The molecule has 0 saturated carbocycles. The van der Waals surface area contributed by atoms with Crippen LogP contribution in [0.4, 0.5) is 0 Å². The Bertz CT molecular complexity index is 252. The first kappa shape index (κ1) is 6.92. The Morgan fingerprint density at radius 2 is 2.45 bits per heavy atom. The zero-order chi connectivity index (χ0) is 7.84. The van der Waals surface area contributed by atoms with Crippen LogP contribution in [0.3, 0.4) is 0 Å². The van der Waals surface area contributed by atoms with Crippen molar-refractivity contribution in [2.24, 2.45) is 0 Å². The van der Waals surface area contributed by atoms with Gasteiger partial charge in [0.2, 0.25) is 0 Å². The highest BCUT2D eigenvalue weighted by Gasteiger charge is 2.25. The van der Waals surface area contributed by atoms with Gasteiger partial charge in [0.15, 0.2) is 0 Å². The molecule has 60 valence electrons. The lowest BCUT2D eigenvalue weighted by molar-refractivity contribution is 0.128. The highest BCUT2D eigenvalue weighted by Crippen LogP contribution is 2.31. The third-order valence-electron chi connectivity index (χ3n) is 2.51. The third kappa shape index (κ3) is 0.979. The van der Waals surface area contributed by atoms with Crippen LogP contribution in [0.2, 0.25) is 0 Å². The van der Waals surface area contributed by atoms with Crippen molar-refractivity contribution in [1.82, 2.24) is 0 Å². The fourth-order valence-electron chi connectivity index (χ4n) is 1.70. The van der Waals surface area contributed by atoms with Gasteiger partial charge in [-0.15, -0.1) is 0 Å². The van der Waals surface area contributed by atoms with Crippen molar-refractivity contribution in [3.05, 3.63) is 23.7 Å². The molecule has 1 aliphatic rings. The van der Waals surface area contributed by atoms with Gasteiger partial charge in [-0.1, -0.05) is 6.92 Å². The van der Waals surface area contributed by atoms with Crippen molar-refractivity contribution >= 4 is 0 Å². The molecule has 0 aliphatic heterocycles.